The Hall–Kier alpha value is -0.353. The Bertz CT molecular complexity index is 335. The highest BCUT2D eigenvalue weighted by molar-refractivity contribution is 6.70. The van der Waals surface area contributed by atoms with Crippen LogP contribution in [0, 0.1) is 0 Å². The van der Waals surface area contributed by atoms with Crippen LogP contribution in [0.4, 0.5) is 0 Å². The predicted octanol–water partition coefficient (Wildman–Crippen LogP) is 3.48. The molecule has 0 heterocycles. The second-order valence-electron chi connectivity index (χ2n) is 4.29. The second-order valence-corrected chi connectivity index (χ2v) is 8.22. The molecule has 1 aromatic carbocycles. The van der Waals surface area contributed by atoms with Gasteiger partial charge >= 0.3 is 8.56 Å². The highest BCUT2D eigenvalue weighted by atomic mass is 35.5. The van der Waals surface area contributed by atoms with Crippen LogP contribution in [-0.2, 0) is 13.9 Å². The molecule has 0 saturated heterocycles. The van der Waals surface area contributed by atoms with Gasteiger partial charge in [-0.2, -0.15) is 0 Å². The second kappa shape index (κ2) is 6.00. The molecule has 0 bridgehead atoms. The quantitative estimate of drug-likeness (QED) is 0.583. The molecule has 0 saturated carbocycles. The summed E-state index contributed by atoms with van der Waals surface area (Å²) in [7, 11) is 1.09. The average Bonchev–Trinajstić information content (AvgIpc) is 2.41. The zero-order valence-corrected chi connectivity index (χ0v) is 12.8. The van der Waals surface area contributed by atoms with Gasteiger partial charge in [-0.25, -0.2) is 0 Å². The minimum Gasteiger partial charge on any atom is -0.397 e. The lowest BCUT2D eigenvalue weighted by Gasteiger charge is -2.42. The summed E-state index contributed by atoms with van der Waals surface area (Å²) < 4.78 is 11.4. The highest BCUT2D eigenvalue weighted by Crippen LogP contribution is 2.39. The maximum Gasteiger partial charge on any atom is 0.346 e. The van der Waals surface area contributed by atoms with Crippen LogP contribution in [0.15, 0.2) is 30.3 Å². The van der Waals surface area contributed by atoms with Crippen molar-refractivity contribution in [1.82, 2.24) is 0 Å². The maximum absolute atomic E-state index is 6.28. The van der Waals surface area contributed by atoms with E-state index in [1.165, 1.54) is 5.56 Å². The molecule has 0 aliphatic carbocycles. The van der Waals surface area contributed by atoms with Crippen molar-refractivity contribution in [1.29, 1.82) is 0 Å². The Labute approximate surface area is 110 Å². The van der Waals surface area contributed by atoms with Crippen molar-refractivity contribution < 1.29 is 8.85 Å². The molecule has 96 valence electrons. The van der Waals surface area contributed by atoms with Gasteiger partial charge in [-0.05, 0) is 18.5 Å². The first kappa shape index (κ1) is 14.7. The predicted molar refractivity (Wildman–Crippen MR) is 74.8 cm³/mol. The summed E-state index contributed by atoms with van der Waals surface area (Å²) in [6.07, 6.45) is 0.908. The van der Waals surface area contributed by atoms with Gasteiger partial charge in [-0.3, -0.25) is 0 Å². The van der Waals surface area contributed by atoms with Crippen LogP contribution in [0.1, 0.15) is 18.9 Å². The summed E-state index contributed by atoms with van der Waals surface area (Å²) in [5.41, 5.74) is 1.20. The van der Waals surface area contributed by atoms with E-state index in [9.17, 15) is 0 Å². The van der Waals surface area contributed by atoms with Crippen LogP contribution in [0.5, 0.6) is 0 Å². The molecule has 0 aliphatic heterocycles. The highest BCUT2D eigenvalue weighted by Gasteiger charge is 2.52. The fourth-order valence-electron chi connectivity index (χ4n) is 2.31. The molecule has 1 rings (SSSR count). The molecule has 0 aromatic heterocycles. The Kier molecular flexibility index (Phi) is 5.19. The first-order valence-corrected chi connectivity index (χ1v) is 8.67. The summed E-state index contributed by atoms with van der Waals surface area (Å²) in [6.45, 7) is 4.21. The number of benzene rings is 1. The third-order valence-electron chi connectivity index (χ3n) is 3.81. The average molecular weight is 273 g/mol. The third kappa shape index (κ3) is 2.43. The van der Waals surface area contributed by atoms with Gasteiger partial charge in [0.25, 0.3) is 0 Å². The fraction of sp³-hybridized carbons (Fsp3) is 0.538. The molecule has 0 spiro atoms. The number of alkyl halides is 1. The molecule has 0 amide bonds. The molecule has 0 radical (unpaired) electrons. The first-order valence-electron chi connectivity index (χ1n) is 5.82. The number of hydrogen-bond donors (Lipinski definition) is 0. The van der Waals surface area contributed by atoms with Gasteiger partial charge in [0.2, 0.25) is 0 Å². The summed E-state index contributed by atoms with van der Waals surface area (Å²) in [4.78, 5) is 0. The molecule has 17 heavy (non-hydrogen) atoms. The maximum atomic E-state index is 6.28. The molecule has 4 heteroatoms. The van der Waals surface area contributed by atoms with E-state index < -0.39 is 8.56 Å². The number of rotatable bonds is 6. The lowest BCUT2D eigenvalue weighted by Crippen LogP contribution is -2.58. The van der Waals surface area contributed by atoms with E-state index in [4.69, 9.17) is 20.5 Å². The van der Waals surface area contributed by atoms with Crippen LogP contribution in [0.2, 0.25) is 6.55 Å². The van der Waals surface area contributed by atoms with Crippen molar-refractivity contribution >= 4 is 20.2 Å². The van der Waals surface area contributed by atoms with E-state index in [2.05, 4.69) is 25.6 Å². The minimum absolute atomic E-state index is 0.209. The smallest absolute Gasteiger partial charge is 0.346 e. The summed E-state index contributed by atoms with van der Waals surface area (Å²) in [6, 6.07) is 10.3. The normalized spacial score (nSPS) is 15.6. The molecular weight excluding hydrogens is 252 g/mol. The van der Waals surface area contributed by atoms with Gasteiger partial charge in [-0.15, -0.1) is 11.6 Å². The van der Waals surface area contributed by atoms with Crippen LogP contribution in [0.25, 0.3) is 0 Å². The third-order valence-corrected chi connectivity index (χ3v) is 8.60. The Morgan fingerprint density at radius 1 is 1.18 bits per heavy atom. The summed E-state index contributed by atoms with van der Waals surface area (Å²) >= 11 is 6.28. The standard InChI is InChI=1S/C13H21ClO2Si/c1-5-13(11-14,17(4,15-2)16-3)12-9-7-6-8-10-12/h6-10H,5,11H2,1-4H3. The van der Waals surface area contributed by atoms with Crippen molar-refractivity contribution in [2.45, 2.75) is 24.9 Å². The van der Waals surface area contributed by atoms with Crippen molar-refractivity contribution in [3.05, 3.63) is 35.9 Å². The Morgan fingerprint density at radius 2 is 1.71 bits per heavy atom. The van der Waals surface area contributed by atoms with Crippen LogP contribution in [0.3, 0.4) is 0 Å². The molecule has 1 atom stereocenters. The van der Waals surface area contributed by atoms with Gasteiger partial charge in [0.1, 0.15) is 0 Å². The fourth-order valence-corrected chi connectivity index (χ4v) is 5.91. The summed E-state index contributed by atoms with van der Waals surface area (Å²) in [5, 5.41) is -0.209. The molecule has 1 unspecified atom stereocenters. The Balaban J connectivity index is 3.32. The molecule has 0 N–H and O–H groups in total. The topological polar surface area (TPSA) is 18.5 Å². The SMILES string of the molecule is CCC(CCl)(c1ccccc1)[Si](C)(OC)OC. The number of hydrogen-bond acceptors (Lipinski definition) is 2. The van der Waals surface area contributed by atoms with E-state index in [1.54, 1.807) is 14.2 Å². The molecule has 1 aromatic rings. The molecule has 0 fully saturated rings. The van der Waals surface area contributed by atoms with Gasteiger partial charge in [-0.1, -0.05) is 37.3 Å². The van der Waals surface area contributed by atoms with Crippen molar-refractivity contribution in [3.8, 4) is 0 Å². The zero-order valence-electron chi connectivity index (χ0n) is 11.0. The van der Waals surface area contributed by atoms with Gasteiger partial charge in [0, 0.05) is 20.1 Å². The van der Waals surface area contributed by atoms with E-state index in [0.717, 1.165) is 6.42 Å². The summed E-state index contributed by atoms with van der Waals surface area (Å²) in [5.74, 6) is 0.512. The van der Waals surface area contributed by atoms with Crippen molar-refractivity contribution in [2.75, 3.05) is 20.1 Å². The minimum atomic E-state index is -2.35. The van der Waals surface area contributed by atoms with E-state index in [1.807, 2.05) is 18.2 Å². The number of halogens is 1. The largest absolute Gasteiger partial charge is 0.397 e. The zero-order chi connectivity index (χ0) is 12.9. The van der Waals surface area contributed by atoms with Gasteiger partial charge in [0.15, 0.2) is 0 Å². The van der Waals surface area contributed by atoms with Crippen molar-refractivity contribution in [2.24, 2.45) is 0 Å². The monoisotopic (exact) mass is 272 g/mol. The lowest BCUT2D eigenvalue weighted by molar-refractivity contribution is 0.214. The molecular formula is C13H21ClO2Si. The molecule has 2 nitrogen and oxygen atoms in total. The van der Waals surface area contributed by atoms with Gasteiger partial charge in [0.05, 0.1) is 5.04 Å². The van der Waals surface area contributed by atoms with Crippen LogP contribution < -0.4 is 0 Å². The lowest BCUT2D eigenvalue weighted by atomic mass is 9.97. The van der Waals surface area contributed by atoms with Crippen molar-refractivity contribution in [3.63, 3.8) is 0 Å². The van der Waals surface area contributed by atoms with E-state index in [0.29, 0.717) is 5.88 Å². The van der Waals surface area contributed by atoms with Gasteiger partial charge < -0.3 is 8.85 Å². The van der Waals surface area contributed by atoms with E-state index in [-0.39, 0.29) is 5.04 Å². The van der Waals surface area contributed by atoms with E-state index >= 15 is 0 Å². The molecule has 0 aliphatic rings. The van der Waals surface area contributed by atoms with Crippen LogP contribution in [-0.4, -0.2) is 28.7 Å². The first-order chi connectivity index (χ1) is 8.10. The van der Waals surface area contributed by atoms with Crippen LogP contribution >= 0.6 is 11.6 Å². The Morgan fingerprint density at radius 3 is 2.06 bits per heavy atom.